The van der Waals surface area contributed by atoms with E-state index in [1.807, 2.05) is 12.1 Å². The molecule has 0 atom stereocenters. The lowest BCUT2D eigenvalue weighted by Crippen LogP contribution is -2.10. The smallest absolute Gasteiger partial charge is 0.0991 e. The molecule has 0 aromatic heterocycles. The van der Waals surface area contributed by atoms with Crippen molar-refractivity contribution < 1.29 is 0 Å². The Kier molecular flexibility index (Phi) is 11.9. The lowest BCUT2D eigenvalue weighted by molar-refractivity contribution is 0.591. The van der Waals surface area contributed by atoms with Gasteiger partial charge in [0.05, 0.1) is 23.3 Å². The van der Waals surface area contributed by atoms with Gasteiger partial charge in [0, 0.05) is 0 Å². The van der Waals surface area contributed by atoms with E-state index in [9.17, 15) is 10.5 Å². The lowest BCUT2D eigenvalue weighted by Gasteiger charge is -2.21. The highest BCUT2D eigenvalue weighted by atomic mass is 14.3. The lowest BCUT2D eigenvalue weighted by atomic mass is 9.84. The highest BCUT2D eigenvalue weighted by Crippen LogP contribution is 2.43. The molecule has 0 unspecified atom stereocenters. The summed E-state index contributed by atoms with van der Waals surface area (Å²) in [6.07, 6.45) is 0. The molecule has 13 aromatic carbocycles. The van der Waals surface area contributed by atoms with Crippen molar-refractivity contribution in [3.8, 4) is 78.9 Å². The second-order valence-corrected chi connectivity index (χ2v) is 24.1. The van der Waals surface area contributed by atoms with E-state index in [2.05, 4.69) is 274 Å². The normalized spacial score (nSPS) is 12.0. The third kappa shape index (κ3) is 8.75. The molecule has 0 spiro atoms. The second kappa shape index (κ2) is 19.1. The van der Waals surface area contributed by atoms with Crippen LogP contribution in [0, 0.1) is 36.5 Å². The summed E-state index contributed by atoms with van der Waals surface area (Å²) in [6.45, 7) is 18.0. The Labute approximate surface area is 469 Å². The van der Waals surface area contributed by atoms with E-state index < -0.39 is 0 Å². The summed E-state index contributed by atoms with van der Waals surface area (Å²) in [4.78, 5) is 0. The zero-order valence-electron chi connectivity index (χ0n) is 46.7. The standard InChI is InChI=1S/C78H60N2/c1-47-18-22-55(39-69(47)59-16-10-14-53(37-59)57-24-30-63-65-32-26-61(77(3,4)5)43-75(65)67-28-20-49(45-79)34-71(67)73(63)41-57)51-12-9-13-52(36-51)56-23-19-48(2)70(40-56)60-17-11-15-54(38-60)58-25-31-64-66-33-27-62(78(6,7)8)44-76(66)68-29-21-50(46-80)35-72(68)74(64)42-58/h9-44H,1-8H3. The van der Waals surface area contributed by atoms with Crippen LogP contribution in [-0.4, -0.2) is 0 Å². The first-order chi connectivity index (χ1) is 38.6. The van der Waals surface area contributed by atoms with Crippen molar-refractivity contribution in [2.75, 3.05) is 0 Å². The van der Waals surface area contributed by atoms with Gasteiger partial charge in [-0.2, -0.15) is 10.5 Å². The molecule has 0 saturated carbocycles. The fourth-order valence-corrected chi connectivity index (χ4v) is 12.3. The number of aryl methyl sites for hydroxylation is 2. The molecule has 0 aliphatic heterocycles. The molecular formula is C78H60N2. The van der Waals surface area contributed by atoms with Crippen molar-refractivity contribution in [1.82, 2.24) is 0 Å². The van der Waals surface area contributed by atoms with Gasteiger partial charge in [0.25, 0.3) is 0 Å². The van der Waals surface area contributed by atoms with Gasteiger partial charge in [0.2, 0.25) is 0 Å². The van der Waals surface area contributed by atoms with Crippen LogP contribution in [0.1, 0.15) is 74.9 Å². The topological polar surface area (TPSA) is 47.6 Å². The van der Waals surface area contributed by atoms with Crippen LogP contribution in [0.15, 0.2) is 218 Å². The van der Waals surface area contributed by atoms with E-state index >= 15 is 0 Å². The minimum Gasteiger partial charge on any atom is -0.192 e. The van der Waals surface area contributed by atoms with E-state index in [1.165, 1.54) is 98.7 Å². The Balaban J connectivity index is 0.825. The SMILES string of the molecule is Cc1ccc(-c2cccc(-c3ccc(C)c(-c4cccc(-c5ccc6c7ccc(C(C)(C)C)cc7c7ccc(C#N)cc7c6c5)c4)c3)c2)cc1-c1cccc(-c2ccc3c4ccc(C(C)(C)C)cc4c4ccc(C#N)cc4c3c2)c1. The van der Waals surface area contributed by atoms with E-state index in [4.69, 9.17) is 0 Å². The first-order valence-corrected chi connectivity index (χ1v) is 27.8. The number of rotatable bonds is 6. The van der Waals surface area contributed by atoms with Gasteiger partial charge in [-0.1, -0.05) is 181 Å². The average Bonchev–Trinajstić information content (AvgIpc) is 3.54. The number of nitrogens with zero attached hydrogens (tertiary/aromatic N) is 2. The summed E-state index contributed by atoms with van der Waals surface area (Å²) in [5.41, 5.74) is 20.4. The summed E-state index contributed by atoms with van der Waals surface area (Å²) in [6, 6.07) is 85.0. The van der Waals surface area contributed by atoms with E-state index in [0.29, 0.717) is 11.1 Å². The number of nitriles is 2. The predicted octanol–water partition coefficient (Wildman–Crippen LogP) is 21.6. The minimum atomic E-state index is 0.0151. The molecule has 0 N–H and O–H groups in total. The molecule has 0 aliphatic carbocycles. The van der Waals surface area contributed by atoms with Gasteiger partial charge >= 0.3 is 0 Å². The Bertz CT molecular complexity index is 4520. The summed E-state index contributed by atoms with van der Waals surface area (Å²) in [5.74, 6) is 0. The summed E-state index contributed by atoms with van der Waals surface area (Å²) < 4.78 is 0. The van der Waals surface area contributed by atoms with Crippen molar-refractivity contribution in [3.63, 3.8) is 0 Å². The number of hydrogen-bond donors (Lipinski definition) is 0. The second-order valence-electron chi connectivity index (χ2n) is 24.1. The molecule has 0 heterocycles. The summed E-state index contributed by atoms with van der Waals surface area (Å²) in [7, 11) is 0. The van der Waals surface area contributed by atoms with Crippen molar-refractivity contribution in [3.05, 3.63) is 252 Å². The van der Waals surface area contributed by atoms with Crippen molar-refractivity contribution in [2.24, 2.45) is 0 Å². The maximum absolute atomic E-state index is 10.0. The molecule has 13 rings (SSSR count). The number of hydrogen-bond acceptors (Lipinski definition) is 2. The number of fused-ring (bicyclic) bond motifs is 12. The molecule has 0 saturated heterocycles. The molecule has 13 aromatic rings. The maximum Gasteiger partial charge on any atom is 0.0991 e. The highest BCUT2D eigenvalue weighted by Gasteiger charge is 2.20. The van der Waals surface area contributed by atoms with Crippen LogP contribution in [0.25, 0.3) is 131 Å². The molecule has 0 bridgehead atoms. The van der Waals surface area contributed by atoms with Gasteiger partial charge in [-0.05, 0) is 257 Å². The zero-order valence-corrected chi connectivity index (χ0v) is 46.7. The van der Waals surface area contributed by atoms with Gasteiger partial charge in [0.15, 0.2) is 0 Å². The highest BCUT2D eigenvalue weighted by molar-refractivity contribution is 6.27. The Hall–Kier alpha value is -9.60. The third-order valence-electron chi connectivity index (χ3n) is 16.9. The molecule has 382 valence electrons. The first kappa shape index (κ1) is 49.9. The molecule has 0 fully saturated rings. The van der Waals surface area contributed by atoms with Crippen LogP contribution in [0.3, 0.4) is 0 Å². The fraction of sp³-hybridized carbons (Fsp3) is 0.128. The Morgan fingerprint density at radius 3 is 0.900 bits per heavy atom. The molecule has 0 radical (unpaired) electrons. The predicted molar refractivity (Wildman–Crippen MR) is 340 cm³/mol. The van der Waals surface area contributed by atoms with Crippen LogP contribution in [0.5, 0.6) is 0 Å². The van der Waals surface area contributed by atoms with Crippen LogP contribution >= 0.6 is 0 Å². The molecule has 2 heteroatoms. The van der Waals surface area contributed by atoms with Crippen molar-refractivity contribution in [2.45, 2.75) is 66.2 Å². The quantitative estimate of drug-likeness (QED) is 0.156. The van der Waals surface area contributed by atoms with E-state index in [0.717, 1.165) is 54.9 Å². The largest absolute Gasteiger partial charge is 0.192 e. The van der Waals surface area contributed by atoms with Crippen LogP contribution in [0.4, 0.5) is 0 Å². The van der Waals surface area contributed by atoms with Crippen molar-refractivity contribution >= 4 is 64.6 Å². The molecule has 0 amide bonds. The molecule has 2 nitrogen and oxygen atoms in total. The Morgan fingerprint density at radius 1 is 0.250 bits per heavy atom. The van der Waals surface area contributed by atoms with Gasteiger partial charge in [-0.3, -0.25) is 0 Å². The molecule has 0 aliphatic rings. The Morgan fingerprint density at radius 2 is 0.525 bits per heavy atom. The van der Waals surface area contributed by atoms with Gasteiger partial charge in [-0.25, -0.2) is 0 Å². The van der Waals surface area contributed by atoms with Gasteiger partial charge < -0.3 is 0 Å². The molecular weight excluding hydrogens is 965 g/mol. The number of benzene rings is 13. The van der Waals surface area contributed by atoms with Crippen LogP contribution in [0.2, 0.25) is 0 Å². The average molecular weight is 1030 g/mol. The minimum absolute atomic E-state index is 0.0151. The monoisotopic (exact) mass is 1020 g/mol. The fourth-order valence-electron chi connectivity index (χ4n) is 12.3. The first-order valence-electron chi connectivity index (χ1n) is 27.8. The van der Waals surface area contributed by atoms with Gasteiger partial charge in [0.1, 0.15) is 0 Å². The van der Waals surface area contributed by atoms with Crippen LogP contribution < -0.4 is 0 Å². The summed E-state index contributed by atoms with van der Waals surface area (Å²) in [5, 5.41) is 34.1. The molecule has 80 heavy (non-hydrogen) atoms. The van der Waals surface area contributed by atoms with E-state index in [1.54, 1.807) is 0 Å². The zero-order chi connectivity index (χ0) is 55.2. The summed E-state index contributed by atoms with van der Waals surface area (Å²) >= 11 is 0. The van der Waals surface area contributed by atoms with Crippen LogP contribution in [-0.2, 0) is 10.8 Å². The maximum atomic E-state index is 10.0. The van der Waals surface area contributed by atoms with Crippen molar-refractivity contribution in [1.29, 1.82) is 10.5 Å². The third-order valence-corrected chi connectivity index (χ3v) is 16.9. The van der Waals surface area contributed by atoms with E-state index in [-0.39, 0.29) is 10.8 Å². The van der Waals surface area contributed by atoms with Gasteiger partial charge in [-0.15, -0.1) is 0 Å².